The molecule has 1 heterocycles. The van der Waals surface area contributed by atoms with Crippen LogP contribution in [0.1, 0.15) is 24.5 Å². The highest BCUT2D eigenvalue weighted by atomic mass is 16.5. The van der Waals surface area contributed by atoms with E-state index < -0.39 is 12.0 Å². The quantitative estimate of drug-likeness (QED) is 0.892. The predicted octanol–water partition coefficient (Wildman–Crippen LogP) is 1.93. The molecule has 0 spiro atoms. The number of hydrogen-bond donors (Lipinski definition) is 1. The number of methoxy groups -OCH3 is 2. The van der Waals surface area contributed by atoms with Gasteiger partial charge in [0.05, 0.1) is 14.2 Å². The Morgan fingerprint density at radius 2 is 1.90 bits per heavy atom. The van der Waals surface area contributed by atoms with Gasteiger partial charge in [-0.05, 0) is 36.1 Å². The maximum absolute atomic E-state index is 11.3. The van der Waals surface area contributed by atoms with Crippen LogP contribution in [0.25, 0.3) is 0 Å². The molecule has 0 fully saturated rings. The van der Waals surface area contributed by atoms with Gasteiger partial charge in [-0.15, -0.1) is 0 Å². The molecule has 0 aliphatic carbocycles. The molecule has 1 atom stereocenters. The summed E-state index contributed by atoms with van der Waals surface area (Å²) in [5.41, 5.74) is 2.33. The summed E-state index contributed by atoms with van der Waals surface area (Å²) in [4.78, 5) is 13.3. The van der Waals surface area contributed by atoms with Crippen molar-refractivity contribution in [1.82, 2.24) is 4.90 Å². The van der Waals surface area contributed by atoms with Gasteiger partial charge in [-0.1, -0.05) is 6.92 Å². The number of carbonyl (C=O) groups is 1. The molecule has 0 bridgehead atoms. The molecule has 0 unspecified atom stereocenters. The third-order valence-electron chi connectivity index (χ3n) is 3.86. The standard InChI is InChI=1S/C15H21NO4/c1-4-12(15(17)18)16-6-5-10-7-13(19-2)14(20-3)8-11(10)9-16/h7-8,12H,4-6,9H2,1-3H3,(H,17,18)/t12-/m0/s1. The van der Waals surface area contributed by atoms with E-state index in [9.17, 15) is 9.90 Å². The molecular weight excluding hydrogens is 258 g/mol. The van der Waals surface area contributed by atoms with Crippen molar-refractivity contribution in [3.8, 4) is 11.5 Å². The maximum atomic E-state index is 11.3. The van der Waals surface area contributed by atoms with Crippen LogP contribution >= 0.6 is 0 Å². The number of aliphatic carboxylic acids is 1. The molecule has 0 saturated heterocycles. The lowest BCUT2D eigenvalue weighted by atomic mass is 9.97. The average molecular weight is 279 g/mol. The van der Waals surface area contributed by atoms with E-state index in [0.29, 0.717) is 18.7 Å². The van der Waals surface area contributed by atoms with Crippen LogP contribution in [0.15, 0.2) is 12.1 Å². The lowest BCUT2D eigenvalue weighted by molar-refractivity contribution is -0.143. The van der Waals surface area contributed by atoms with E-state index >= 15 is 0 Å². The molecule has 20 heavy (non-hydrogen) atoms. The summed E-state index contributed by atoms with van der Waals surface area (Å²) in [7, 11) is 3.23. The summed E-state index contributed by atoms with van der Waals surface area (Å²) < 4.78 is 10.6. The monoisotopic (exact) mass is 279 g/mol. The first-order valence-electron chi connectivity index (χ1n) is 6.81. The number of carboxylic acid groups (broad SMARTS) is 1. The van der Waals surface area contributed by atoms with Crippen molar-refractivity contribution in [1.29, 1.82) is 0 Å². The van der Waals surface area contributed by atoms with Crippen LogP contribution in [-0.2, 0) is 17.8 Å². The second-order valence-corrected chi connectivity index (χ2v) is 4.96. The fraction of sp³-hybridized carbons (Fsp3) is 0.533. The summed E-state index contributed by atoms with van der Waals surface area (Å²) in [5, 5.41) is 9.27. The predicted molar refractivity (Wildman–Crippen MR) is 75.4 cm³/mol. The second kappa shape index (κ2) is 6.13. The molecule has 0 saturated carbocycles. The Balaban J connectivity index is 2.27. The van der Waals surface area contributed by atoms with Crippen LogP contribution in [0.3, 0.4) is 0 Å². The van der Waals surface area contributed by atoms with Gasteiger partial charge in [0.2, 0.25) is 0 Å². The lowest BCUT2D eigenvalue weighted by Crippen LogP contribution is -2.43. The summed E-state index contributed by atoms with van der Waals surface area (Å²) in [6, 6.07) is 3.53. The lowest BCUT2D eigenvalue weighted by Gasteiger charge is -2.33. The number of ether oxygens (including phenoxy) is 2. The summed E-state index contributed by atoms with van der Waals surface area (Å²) >= 11 is 0. The highest BCUT2D eigenvalue weighted by Crippen LogP contribution is 2.33. The van der Waals surface area contributed by atoms with Gasteiger partial charge >= 0.3 is 5.97 Å². The number of rotatable bonds is 5. The zero-order valence-electron chi connectivity index (χ0n) is 12.2. The minimum atomic E-state index is -0.753. The van der Waals surface area contributed by atoms with E-state index in [-0.39, 0.29) is 0 Å². The Labute approximate surface area is 119 Å². The van der Waals surface area contributed by atoms with E-state index in [1.54, 1.807) is 14.2 Å². The minimum absolute atomic E-state index is 0.420. The number of fused-ring (bicyclic) bond motifs is 1. The zero-order valence-corrected chi connectivity index (χ0v) is 12.2. The fourth-order valence-electron chi connectivity index (χ4n) is 2.76. The van der Waals surface area contributed by atoms with Crippen LogP contribution in [0, 0.1) is 0 Å². The Morgan fingerprint density at radius 1 is 1.30 bits per heavy atom. The second-order valence-electron chi connectivity index (χ2n) is 4.96. The largest absolute Gasteiger partial charge is 0.493 e. The molecule has 1 aromatic rings. The van der Waals surface area contributed by atoms with Crippen molar-refractivity contribution in [2.75, 3.05) is 20.8 Å². The van der Waals surface area contributed by atoms with Crippen LogP contribution in [-0.4, -0.2) is 42.8 Å². The Kier molecular flexibility index (Phi) is 4.49. The molecule has 5 heteroatoms. The summed E-state index contributed by atoms with van der Waals surface area (Å²) in [6.07, 6.45) is 1.44. The highest BCUT2D eigenvalue weighted by molar-refractivity contribution is 5.73. The Hall–Kier alpha value is -1.75. The van der Waals surface area contributed by atoms with E-state index in [1.807, 2.05) is 24.0 Å². The number of hydrogen-bond acceptors (Lipinski definition) is 4. The van der Waals surface area contributed by atoms with Gasteiger partial charge in [-0.25, -0.2) is 0 Å². The van der Waals surface area contributed by atoms with Crippen LogP contribution in [0.2, 0.25) is 0 Å². The molecule has 0 amide bonds. The SMILES string of the molecule is CC[C@@H](C(=O)O)N1CCc2cc(OC)c(OC)cc2C1. The van der Waals surface area contributed by atoms with Gasteiger partial charge in [0.1, 0.15) is 6.04 Å². The molecule has 1 aromatic carbocycles. The van der Waals surface area contributed by atoms with Gasteiger partial charge in [0.25, 0.3) is 0 Å². The first kappa shape index (κ1) is 14.7. The molecule has 5 nitrogen and oxygen atoms in total. The maximum Gasteiger partial charge on any atom is 0.320 e. The van der Waals surface area contributed by atoms with Crippen molar-refractivity contribution >= 4 is 5.97 Å². The van der Waals surface area contributed by atoms with Crippen molar-refractivity contribution in [2.24, 2.45) is 0 Å². The minimum Gasteiger partial charge on any atom is -0.493 e. The number of carboxylic acids is 1. The van der Waals surface area contributed by atoms with Gasteiger partial charge in [-0.3, -0.25) is 9.69 Å². The van der Waals surface area contributed by atoms with Crippen molar-refractivity contribution in [2.45, 2.75) is 32.4 Å². The van der Waals surface area contributed by atoms with Crippen LogP contribution in [0.4, 0.5) is 0 Å². The van der Waals surface area contributed by atoms with E-state index in [1.165, 1.54) is 5.56 Å². The topological polar surface area (TPSA) is 59.0 Å². The smallest absolute Gasteiger partial charge is 0.320 e. The van der Waals surface area contributed by atoms with E-state index in [0.717, 1.165) is 24.3 Å². The average Bonchev–Trinajstić information content (AvgIpc) is 2.46. The molecule has 0 radical (unpaired) electrons. The van der Waals surface area contributed by atoms with Crippen LogP contribution < -0.4 is 9.47 Å². The summed E-state index contributed by atoms with van der Waals surface area (Å²) in [5.74, 6) is 0.665. The van der Waals surface area contributed by atoms with Gasteiger partial charge in [0.15, 0.2) is 11.5 Å². The third kappa shape index (κ3) is 2.72. The van der Waals surface area contributed by atoms with E-state index in [4.69, 9.17) is 9.47 Å². The van der Waals surface area contributed by atoms with Gasteiger partial charge in [-0.2, -0.15) is 0 Å². The van der Waals surface area contributed by atoms with Crippen molar-refractivity contribution < 1.29 is 19.4 Å². The third-order valence-corrected chi connectivity index (χ3v) is 3.86. The first-order valence-corrected chi connectivity index (χ1v) is 6.81. The molecule has 0 aromatic heterocycles. The first-order chi connectivity index (χ1) is 9.60. The van der Waals surface area contributed by atoms with E-state index in [2.05, 4.69) is 0 Å². The van der Waals surface area contributed by atoms with Crippen LogP contribution in [0.5, 0.6) is 11.5 Å². The molecule has 110 valence electrons. The molecular formula is C15H21NO4. The fourth-order valence-corrected chi connectivity index (χ4v) is 2.76. The normalized spacial score (nSPS) is 16.4. The zero-order chi connectivity index (χ0) is 14.7. The molecule has 2 rings (SSSR count). The molecule has 1 aliphatic heterocycles. The highest BCUT2D eigenvalue weighted by Gasteiger charge is 2.28. The number of benzene rings is 1. The Morgan fingerprint density at radius 3 is 2.40 bits per heavy atom. The molecule has 1 aliphatic rings. The summed E-state index contributed by atoms with van der Waals surface area (Å²) in [6.45, 7) is 3.30. The van der Waals surface area contributed by atoms with Crippen molar-refractivity contribution in [3.05, 3.63) is 23.3 Å². The Bertz CT molecular complexity index is 501. The molecule has 1 N–H and O–H groups in total. The van der Waals surface area contributed by atoms with Gasteiger partial charge < -0.3 is 14.6 Å². The van der Waals surface area contributed by atoms with Crippen molar-refractivity contribution in [3.63, 3.8) is 0 Å². The van der Waals surface area contributed by atoms with Gasteiger partial charge in [0, 0.05) is 13.1 Å². The number of nitrogens with zero attached hydrogens (tertiary/aromatic N) is 1.